The summed E-state index contributed by atoms with van der Waals surface area (Å²) in [6, 6.07) is 9.12. The monoisotopic (exact) mass is 175 g/mol. The van der Waals surface area contributed by atoms with E-state index in [1.807, 2.05) is 0 Å². The predicted octanol–water partition coefficient (Wildman–Crippen LogP) is 1.27. The lowest BCUT2D eigenvalue weighted by molar-refractivity contribution is 0.00358. The summed E-state index contributed by atoms with van der Waals surface area (Å²) in [4.78, 5) is 0. The Balaban J connectivity index is 2.01. The fraction of sp³-hybridized carbons (Fsp3) is 0.455. The van der Waals surface area contributed by atoms with E-state index in [4.69, 9.17) is 4.74 Å². The summed E-state index contributed by atoms with van der Waals surface area (Å²) in [5.41, 5.74) is 2.84. The van der Waals surface area contributed by atoms with Crippen LogP contribution in [-0.4, -0.2) is 19.2 Å². The molecule has 1 heterocycles. The van der Waals surface area contributed by atoms with Gasteiger partial charge in [0.15, 0.2) is 0 Å². The Morgan fingerprint density at radius 2 is 2.23 bits per heavy atom. The smallest absolute Gasteiger partial charge is 0.0984 e. The zero-order valence-electron chi connectivity index (χ0n) is 7.49. The second-order valence-electron chi connectivity index (χ2n) is 3.75. The molecule has 13 heavy (non-hydrogen) atoms. The van der Waals surface area contributed by atoms with Gasteiger partial charge >= 0.3 is 0 Å². The van der Waals surface area contributed by atoms with Crippen LogP contribution in [0.25, 0.3) is 0 Å². The molecule has 2 aliphatic rings. The van der Waals surface area contributed by atoms with Crippen molar-refractivity contribution in [3.63, 3.8) is 0 Å². The van der Waals surface area contributed by atoms with Crippen LogP contribution < -0.4 is 5.32 Å². The minimum absolute atomic E-state index is 0.310. The van der Waals surface area contributed by atoms with E-state index >= 15 is 0 Å². The molecule has 0 amide bonds. The van der Waals surface area contributed by atoms with Gasteiger partial charge in [-0.15, -0.1) is 0 Å². The van der Waals surface area contributed by atoms with Crippen LogP contribution in [0.2, 0.25) is 0 Å². The van der Waals surface area contributed by atoms with Crippen LogP contribution in [0.1, 0.15) is 17.2 Å². The molecule has 0 radical (unpaired) electrons. The van der Waals surface area contributed by atoms with Crippen molar-refractivity contribution in [2.45, 2.75) is 18.6 Å². The van der Waals surface area contributed by atoms with Crippen LogP contribution in [0.3, 0.4) is 0 Å². The van der Waals surface area contributed by atoms with E-state index in [-0.39, 0.29) is 0 Å². The summed E-state index contributed by atoms with van der Waals surface area (Å²) in [6.07, 6.45) is 1.44. The molecule has 0 unspecified atom stereocenters. The van der Waals surface area contributed by atoms with E-state index in [1.54, 1.807) is 0 Å². The van der Waals surface area contributed by atoms with Crippen LogP contribution in [0.15, 0.2) is 24.3 Å². The molecular weight excluding hydrogens is 162 g/mol. The van der Waals surface area contributed by atoms with Crippen molar-refractivity contribution in [2.75, 3.05) is 13.2 Å². The van der Waals surface area contributed by atoms with Crippen molar-refractivity contribution < 1.29 is 4.74 Å². The Hall–Kier alpha value is -0.860. The largest absolute Gasteiger partial charge is 0.371 e. The molecule has 0 aromatic heterocycles. The first-order valence-corrected chi connectivity index (χ1v) is 4.88. The Kier molecular flexibility index (Phi) is 1.64. The number of fused-ring (bicyclic) bond motifs is 3. The van der Waals surface area contributed by atoms with Crippen LogP contribution in [-0.2, 0) is 11.2 Å². The average Bonchev–Trinajstić information content (AvgIpc) is 2.56. The van der Waals surface area contributed by atoms with Gasteiger partial charge in [0.25, 0.3) is 0 Å². The Bertz CT molecular complexity index is 324. The summed E-state index contributed by atoms with van der Waals surface area (Å²) in [5.74, 6) is 0. The lowest BCUT2D eigenvalue weighted by atomic mass is 10.1. The highest BCUT2D eigenvalue weighted by Gasteiger charge is 2.34. The molecule has 3 rings (SSSR count). The number of rotatable bonds is 0. The first-order chi connectivity index (χ1) is 6.45. The molecule has 2 nitrogen and oxygen atoms in total. The maximum atomic E-state index is 5.77. The molecular formula is C11H13NO. The quantitative estimate of drug-likeness (QED) is 0.641. The average molecular weight is 175 g/mol. The van der Waals surface area contributed by atoms with Crippen LogP contribution >= 0.6 is 0 Å². The van der Waals surface area contributed by atoms with Gasteiger partial charge < -0.3 is 10.1 Å². The van der Waals surface area contributed by atoms with Gasteiger partial charge in [-0.1, -0.05) is 24.3 Å². The number of benzene rings is 1. The van der Waals surface area contributed by atoms with Gasteiger partial charge in [0.2, 0.25) is 0 Å². The molecule has 1 aromatic rings. The molecule has 1 N–H and O–H groups in total. The van der Waals surface area contributed by atoms with E-state index in [9.17, 15) is 0 Å². The van der Waals surface area contributed by atoms with Gasteiger partial charge in [-0.3, -0.25) is 0 Å². The van der Waals surface area contributed by atoms with Gasteiger partial charge in [-0.05, 0) is 17.5 Å². The summed E-state index contributed by atoms with van der Waals surface area (Å²) < 4.78 is 5.77. The van der Waals surface area contributed by atoms with E-state index in [0.29, 0.717) is 12.1 Å². The first-order valence-electron chi connectivity index (χ1n) is 4.88. The van der Waals surface area contributed by atoms with Crippen molar-refractivity contribution in [1.82, 2.24) is 5.32 Å². The third kappa shape index (κ3) is 1.10. The van der Waals surface area contributed by atoms with E-state index in [2.05, 4.69) is 29.6 Å². The second kappa shape index (κ2) is 2.82. The molecule has 1 aliphatic heterocycles. The zero-order chi connectivity index (χ0) is 8.67. The molecule has 1 aromatic carbocycles. The van der Waals surface area contributed by atoms with Crippen LogP contribution in [0, 0.1) is 0 Å². The van der Waals surface area contributed by atoms with E-state index < -0.39 is 0 Å². The lowest BCUT2D eigenvalue weighted by Crippen LogP contribution is -2.41. The normalized spacial score (nSPS) is 31.1. The minimum atomic E-state index is 0.310. The highest BCUT2D eigenvalue weighted by atomic mass is 16.5. The number of hydrogen-bond donors (Lipinski definition) is 1. The number of hydrogen-bond acceptors (Lipinski definition) is 2. The van der Waals surface area contributed by atoms with Gasteiger partial charge in [0.1, 0.15) is 0 Å². The third-order valence-corrected chi connectivity index (χ3v) is 2.97. The van der Waals surface area contributed by atoms with Gasteiger partial charge in [-0.25, -0.2) is 0 Å². The van der Waals surface area contributed by atoms with Gasteiger partial charge in [0.05, 0.1) is 12.7 Å². The Labute approximate surface area is 77.9 Å². The molecule has 1 saturated heterocycles. The van der Waals surface area contributed by atoms with E-state index in [0.717, 1.165) is 19.6 Å². The predicted molar refractivity (Wildman–Crippen MR) is 50.6 cm³/mol. The molecule has 68 valence electrons. The molecule has 0 bridgehead atoms. The number of ether oxygens (including phenoxy) is 1. The van der Waals surface area contributed by atoms with Gasteiger partial charge in [0, 0.05) is 12.6 Å². The second-order valence-corrected chi connectivity index (χ2v) is 3.75. The van der Waals surface area contributed by atoms with Crippen molar-refractivity contribution in [1.29, 1.82) is 0 Å². The van der Waals surface area contributed by atoms with Crippen LogP contribution in [0.5, 0.6) is 0 Å². The molecule has 1 fully saturated rings. The molecule has 0 spiro atoms. The van der Waals surface area contributed by atoms with Crippen molar-refractivity contribution in [3.8, 4) is 0 Å². The maximum absolute atomic E-state index is 5.77. The van der Waals surface area contributed by atoms with Gasteiger partial charge in [-0.2, -0.15) is 0 Å². The SMILES string of the molecule is c1ccc2c(c1)C[C@H]1NCCO[C@H]21. The standard InChI is InChI=1S/C11H13NO/c1-2-4-9-8(3-1)7-10-11(9)13-6-5-12-10/h1-4,10-12H,5-7H2/t10-,11-/m1/s1. The summed E-state index contributed by atoms with van der Waals surface area (Å²) in [5, 5.41) is 3.50. The first kappa shape index (κ1) is 7.54. The van der Waals surface area contributed by atoms with E-state index in [1.165, 1.54) is 11.1 Å². The Morgan fingerprint density at radius 3 is 3.23 bits per heavy atom. The number of morpholine rings is 1. The zero-order valence-corrected chi connectivity index (χ0v) is 7.49. The molecule has 0 saturated carbocycles. The fourth-order valence-corrected chi connectivity index (χ4v) is 2.37. The highest BCUT2D eigenvalue weighted by Crippen LogP contribution is 2.35. The topological polar surface area (TPSA) is 21.3 Å². The number of nitrogens with one attached hydrogen (secondary N) is 1. The lowest BCUT2D eigenvalue weighted by Gasteiger charge is -2.27. The minimum Gasteiger partial charge on any atom is -0.371 e. The van der Waals surface area contributed by atoms with Crippen LogP contribution in [0.4, 0.5) is 0 Å². The highest BCUT2D eigenvalue weighted by molar-refractivity contribution is 5.36. The third-order valence-electron chi connectivity index (χ3n) is 2.97. The summed E-state index contributed by atoms with van der Waals surface area (Å²) in [7, 11) is 0. The Morgan fingerprint density at radius 1 is 1.31 bits per heavy atom. The van der Waals surface area contributed by atoms with Crippen molar-refractivity contribution >= 4 is 0 Å². The molecule has 2 heteroatoms. The molecule has 2 atom stereocenters. The summed E-state index contributed by atoms with van der Waals surface area (Å²) in [6.45, 7) is 1.84. The van der Waals surface area contributed by atoms with Crippen molar-refractivity contribution in [3.05, 3.63) is 35.4 Å². The summed E-state index contributed by atoms with van der Waals surface area (Å²) >= 11 is 0. The fourth-order valence-electron chi connectivity index (χ4n) is 2.37. The molecule has 1 aliphatic carbocycles. The van der Waals surface area contributed by atoms with Crippen molar-refractivity contribution in [2.24, 2.45) is 0 Å². The maximum Gasteiger partial charge on any atom is 0.0984 e.